The van der Waals surface area contributed by atoms with Crippen LogP contribution in [0.1, 0.15) is 18.9 Å². The second-order valence-electron chi connectivity index (χ2n) is 5.86. The Bertz CT molecular complexity index is 471. The Morgan fingerprint density at radius 3 is 2.77 bits per heavy atom. The zero-order valence-electron chi connectivity index (χ0n) is 13.7. The summed E-state index contributed by atoms with van der Waals surface area (Å²) in [6, 6.07) is 7.74. The molecule has 0 saturated carbocycles. The van der Waals surface area contributed by atoms with Crippen LogP contribution in [0.3, 0.4) is 0 Å². The first-order chi connectivity index (χ1) is 10.7. The van der Waals surface area contributed by atoms with E-state index in [1.54, 1.807) is 0 Å². The van der Waals surface area contributed by atoms with Crippen molar-refractivity contribution >= 4 is 6.09 Å². The van der Waals surface area contributed by atoms with E-state index < -0.39 is 0 Å². The Morgan fingerprint density at radius 2 is 2.05 bits per heavy atom. The molecule has 1 heterocycles. The molecule has 0 spiro atoms. The van der Waals surface area contributed by atoms with Gasteiger partial charge < -0.3 is 15.0 Å². The molecule has 1 saturated heterocycles. The monoisotopic (exact) mass is 305 g/mol. The van der Waals surface area contributed by atoms with Gasteiger partial charge in [0.05, 0.1) is 0 Å². The summed E-state index contributed by atoms with van der Waals surface area (Å²) in [5.41, 5.74) is 1.20. The first-order valence-corrected chi connectivity index (χ1v) is 8.13. The van der Waals surface area contributed by atoms with E-state index >= 15 is 0 Å². The van der Waals surface area contributed by atoms with E-state index in [0.717, 1.165) is 45.6 Å². The van der Waals surface area contributed by atoms with Crippen LogP contribution in [-0.2, 0) is 6.42 Å². The van der Waals surface area contributed by atoms with Crippen molar-refractivity contribution in [1.29, 1.82) is 0 Å². The lowest BCUT2D eigenvalue weighted by molar-refractivity contribution is 0.152. The topological polar surface area (TPSA) is 44.8 Å². The average molecular weight is 305 g/mol. The van der Waals surface area contributed by atoms with Crippen molar-refractivity contribution < 1.29 is 9.53 Å². The molecular formula is C17H27N3O2. The van der Waals surface area contributed by atoms with Crippen molar-refractivity contribution in [3.05, 3.63) is 29.8 Å². The second-order valence-corrected chi connectivity index (χ2v) is 5.86. The van der Waals surface area contributed by atoms with Gasteiger partial charge >= 0.3 is 6.09 Å². The highest BCUT2D eigenvalue weighted by molar-refractivity contribution is 5.70. The Morgan fingerprint density at radius 1 is 1.27 bits per heavy atom. The van der Waals surface area contributed by atoms with E-state index in [-0.39, 0.29) is 6.09 Å². The van der Waals surface area contributed by atoms with E-state index in [1.807, 2.05) is 18.2 Å². The van der Waals surface area contributed by atoms with Gasteiger partial charge in [-0.3, -0.25) is 4.90 Å². The summed E-state index contributed by atoms with van der Waals surface area (Å²) in [4.78, 5) is 16.5. The number of likely N-dealkylation sites (N-methyl/N-ethyl adjacent to an activating group) is 1. The third-order valence-electron chi connectivity index (χ3n) is 3.94. The molecule has 1 N–H and O–H groups in total. The van der Waals surface area contributed by atoms with Gasteiger partial charge in [0, 0.05) is 39.3 Å². The largest absolute Gasteiger partial charge is 0.412 e. The Balaban J connectivity index is 1.68. The second kappa shape index (κ2) is 8.76. The van der Waals surface area contributed by atoms with Crippen molar-refractivity contribution in [1.82, 2.24) is 15.1 Å². The fourth-order valence-corrected chi connectivity index (χ4v) is 2.58. The molecule has 1 amide bonds. The van der Waals surface area contributed by atoms with Gasteiger partial charge in [-0.1, -0.05) is 25.5 Å². The van der Waals surface area contributed by atoms with Crippen LogP contribution in [0.25, 0.3) is 0 Å². The summed E-state index contributed by atoms with van der Waals surface area (Å²) in [6.45, 7) is 7.94. The number of carbonyl (C=O) groups is 1. The fourth-order valence-electron chi connectivity index (χ4n) is 2.58. The molecule has 1 aliphatic rings. The highest BCUT2D eigenvalue weighted by Gasteiger charge is 2.13. The number of hydrogen-bond donors (Lipinski definition) is 1. The molecule has 1 aromatic carbocycles. The molecule has 1 fully saturated rings. The predicted octanol–water partition coefficient (Wildman–Crippen LogP) is 1.97. The summed E-state index contributed by atoms with van der Waals surface area (Å²) in [5.74, 6) is 0.614. The lowest BCUT2D eigenvalue weighted by atomic mass is 10.1. The van der Waals surface area contributed by atoms with Crippen molar-refractivity contribution in [2.24, 2.45) is 0 Å². The maximum atomic E-state index is 11.8. The number of piperazine rings is 1. The lowest BCUT2D eigenvalue weighted by Gasteiger charge is -2.32. The number of nitrogens with zero attached hydrogens (tertiary/aromatic N) is 2. The number of hydrogen-bond acceptors (Lipinski definition) is 4. The quantitative estimate of drug-likeness (QED) is 0.873. The Hall–Kier alpha value is -1.59. The smallest absolute Gasteiger partial charge is 0.410 e. The molecule has 0 aromatic heterocycles. The molecule has 2 rings (SSSR count). The maximum Gasteiger partial charge on any atom is 0.412 e. The van der Waals surface area contributed by atoms with Gasteiger partial charge in [-0.25, -0.2) is 4.79 Å². The number of benzene rings is 1. The summed E-state index contributed by atoms with van der Waals surface area (Å²) >= 11 is 0. The number of nitrogens with one attached hydrogen (secondary N) is 1. The molecule has 5 nitrogen and oxygen atoms in total. The third kappa shape index (κ3) is 5.66. The first-order valence-electron chi connectivity index (χ1n) is 8.13. The molecule has 1 aliphatic heterocycles. The van der Waals surface area contributed by atoms with Gasteiger partial charge in [0.25, 0.3) is 0 Å². The van der Waals surface area contributed by atoms with Crippen LogP contribution in [0.4, 0.5) is 4.79 Å². The Labute approximate surface area is 133 Å². The molecule has 1 aromatic rings. The third-order valence-corrected chi connectivity index (χ3v) is 3.94. The molecule has 122 valence electrons. The van der Waals surface area contributed by atoms with Crippen molar-refractivity contribution in [3.63, 3.8) is 0 Å². The molecular weight excluding hydrogens is 278 g/mol. The number of ether oxygens (including phenoxy) is 1. The highest BCUT2D eigenvalue weighted by Crippen LogP contribution is 2.14. The van der Waals surface area contributed by atoms with E-state index in [1.165, 1.54) is 5.56 Å². The van der Waals surface area contributed by atoms with E-state index in [4.69, 9.17) is 4.74 Å². The van der Waals surface area contributed by atoms with Crippen LogP contribution in [-0.4, -0.2) is 62.2 Å². The predicted molar refractivity (Wildman–Crippen MR) is 88.4 cm³/mol. The number of carbonyl (C=O) groups excluding carboxylic acids is 1. The fraction of sp³-hybridized carbons (Fsp3) is 0.588. The number of aryl methyl sites for hydroxylation is 1. The highest BCUT2D eigenvalue weighted by atomic mass is 16.6. The molecule has 0 bridgehead atoms. The normalized spacial score (nSPS) is 16.5. The molecule has 0 aliphatic carbocycles. The summed E-state index contributed by atoms with van der Waals surface area (Å²) in [6.07, 6.45) is 1.71. The van der Waals surface area contributed by atoms with Crippen LogP contribution in [0, 0.1) is 0 Å². The zero-order valence-corrected chi connectivity index (χ0v) is 13.7. The lowest BCUT2D eigenvalue weighted by Crippen LogP contribution is -2.47. The van der Waals surface area contributed by atoms with Gasteiger partial charge in [0.15, 0.2) is 0 Å². The van der Waals surface area contributed by atoms with Crippen molar-refractivity contribution in [3.8, 4) is 5.75 Å². The minimum Gasteiger partial charge on any atom is -0.410 e. The van der Waals surface area contributed by atoms with E-state index in [0.29, 0.717) is 12.3 Å². The SMILES string of the molecule is CCCc1cccc(OC(=O)NCCN2CCN(C)CC2)c1. The summed E-state index contributed by atoms with van der Waals surface area (Å²) in [7, 11) is 2.14. The van der Waals surface area contributed by atoms with Crippen molar-refractivity contribution in [2.75, 3.05) is 46.3 Å². The molecule has 0 atom stereocenters. The first kappa shape index (κ1) is 16.8. The molecule has 0 unspecified atom stereocenters. The zero-order chi connectivity index (χ0) is 15.8. The molecule has 22 heavy (non-hydrogen) atoms. The summed E-state index contributed by atoms with van der Waals surface area (Å²) in [5, 5.41) is 2.82. The Kier molecular flexibility index (Phi) is 6.68. The van der Waals surface area contributed by atoms with Gasteiger partial charge in [-0.05, 0) is 31.2 Å². The maximum absolute atomic E-state index is 11.8. The molecule has 0 radical (unpaired) electrons. The van der Waals surface area contributed by atoms with E-state index in [9.17, 15) is 4.79 Å². The van der Waals surface area contributed by atoms with Gasteiger partial charge in [-0.2, -0.15) is 0 Å². The van der Waals surface area contributed by atoms with Crippen LogP contribution in [0.15, 0.2) is 24.3 Å². The van der Waals surface area contributed by atoms with Gasteiger partial charge in [0.2, 0.25) is 0 Å². The minimum absolute atomic E-state index is 0.372. The van der Waals surface area contributed by atoms with E-state index in [2.05, 4.69) is 35.2 Å². The van der Waals surface area contributed by atoms with Gasteiger partial charge in [0.1, 0.15) is 5.75 Å². The van der Waals surface area contributed by atoms with Gasteiger partial charge in [-0.15, -0.1) is 0 Å². The average Bonchev–Trinajstić information content (AvgIpc) is 2.50. The standard InChI is InChI=1S/C17H27N3O2/c1-3-5-15-6-4-7-16(14-15)22-17(21)18-8-9-20-12-10-19(2)11-13-20/h4,6-7,14H,3,5,8-13H2,1-2H3,(H,18,21). The van der Waals surface area contributed by atoms with Crippen molar-refractivity contribution in [2.45, 2.75) is 19.8 Å². The molecule has 5 heteroatoms. The van der Waals surface area contributed by atoms with Crippen LogP contribution in [0.2, 0.25) is 0 Å². The van der Waals surface area contributed by atoms with Crippen LogP contribution < -0.4 is 10.1 Å². The van der Waals surface area contributed by atoms with Crippen LogP contribution >= 0.6 is 0 Å². The number of amides is 1. The minimum atomic E-state index is -0.372. The summed E-state index contributed by atoms with van der Waals surface area (Å²) < 4.78 is 5.33. The number of rotatable bonds is 6. The van der Waals surface area contributed by atoms with Crippen LogP contribution in [0.5, 0.6) is 5.75 Å².